The zero-order valence-electron chi connectivity index (χ0n) is 11.6. The summed E-state index contributed by atoms with van der Waals surface area (Å²) in [5, 5.41) is 18.6. The van der Waals surface area contributed by atoms with Crippen molar-refractivity contribution in [3.8, 4) is 0 Å². The molecule has 1 atom stereocenters. The summed E-state index contributed by atoms with van der Waals surface area (Å²) in [6, 6.07) is 5.76. The number of benzene rings is 1. The fourth-order valence-corrected chi connectivity index (χ4v) is 3.27. The van der Waals surface area contributed by atoms with Crippen molar-refractivity contribution >= 4 is 18.3 Å². The first kappa shape index (κ1) is 13.4. The second-order valence-electron chi connectivity index (χ2n) is 5.85. The highest BCUT2D eigenvalue weighted by atomic mass is 16.4. The number of nitrogens with zero attached hydrogens (tertiary/aromatic N) is 1. The first-order valence-electron chi connectivity index (χ1n) is 6.64. The Morgan fingerprint density at radius 3 is 2.61 bits per heavy atom. The van der Waals surface area contributed by atoms with Gasteiger partial charge in [-0.05, 0) is 50.2 Å². The van der Waals surface area contributed by atoms with Gasteiger partial charge in [0.15, 0.2) is 0 Å². The maximum Gasteiger partial charge on any atom is 0.488 e. The molecule has 2 N–H and O–H groups in total. The normalized spacial score (nSPS) is 21.7. The smallest absolute Gasteiger partial charge is 0.423 e. The van der Waals surface area contributed by atoms with E-state index in [1.165, 1.54) is 11.3 Å². The van der Waals surface area contributed by atoms with Gasteiger partial charge < -0.3 is 14.9 Å². The molecule has 0 saturated heterocycles. The highest BCUT2D eigenvalue weighted by molar-refractivity contribution is 6.58. The molecule has 98 valence electrons. The minimum Gasteiger partial charge on any atom is -0.423 e. The number of rotatable bonds is 2. The standard InChI is InChI=1S/C14H22BNO2/c1-5-16-13-7-6-11(15(17)18)8-12(13)10(2)9-14(16,3)4/h6-8,10,17-18H,5,9H2,1-4H3. The van der Waals surface area contributed by atoms with Gasteiger partial charge in [-0.3, -0.25) is 0 Å². The van der Waals surface area contributed by atoms with Gasteiger partial charge in [-0.2, -0.15) is 0 Å². The molecule has 0 aliphatic carbocycles. The minimum atomic E-state index is -1.38. The molecule has 0 spiro atoms. The van der Waals surface area contributed by atoms with E-state index in [1.807, 2.05) is 12.1 Å². The van der Waals surface area contributed by atoms with Crippen molar-refractivity contribution in [2.45, 2.75) is 45.6 Å². The fourth-order valence-electron chi connectivity index (χ4n) is 3.27. The van der Waals surface area contributed by atoms with Crippen molar-refractivity contribution < 1.29 is 10.0 Å². The van der Waals surface area contributed by atoms with Gasteiger partial charge in [0.05, 0.1) is 0 Å². The van der Waals surface area contributed by atoms with Crippen molar-refractivity contribution in [2.75, 3.05) is 11.4 Å². The van der Waals surface area contributed by atoms with Gasteiger partial charge in [0.2, 0.25) is 0 Å². The van der Waals surface area contributed by atoms with Crippen LogP contribution < -0.4 is 10.4 Å². The van der Waals surface area contributed by atoms with Crippen LogP contribution in [0.25, 0.3) is 0 Å². The average Bonchev–Trinajstić information content (AvgIpc) is 2.27. The maximum absolute atomic E-state index is 9.28. The van der Waals surface area contributed by atoms with Gasteiger partial charge >= 0.3 is 7.12 Å². The van der Waals surface area contributed by atoms with E-state index in [-0.39, 0.29) is 5.54 Å². The molecule has 0 fully saturated rings. The van der Waals surface area contributed by atoms with Gasteiger partial charge in [0.25, 0.3) is 0 Å². The van der Waals surface area contributed by atoms with E-state index >= 15 is 0 Å². The molecule has 3 nitrogen and oxygen atoms in total. The summed E-state index contributed by atoms with van der Waals surface area (Å²) < 4.78 is 0. The quantitative estimate of drug-likeness (QED) is 0.778. The van der Waals surface area contributed by atoms with Crippen LogP contribution in [0.2, 0.25) is 0 Å². The molecule has 2 rings (SSSR count). The third-order valence-electron chi connectivity index (χ3n) is 4.02. The van der Waals surface area contributed by atoms with Gasteiger partial charge in [-0.1, -0.05) is 19.1 Å². The summed E-state index contributed by atoms with van der Waals surface area (Å²) in [6.07, 6.45) is 1.08. The van der Waals surface area contributed by atoms with Crippen LogP contribution >= 0.6 is 0 Å². The maximum atomic E-state index is 9.28. The van der Waals surface area contributed by atoms with Crippen molar-refractivity contribution in [2.24, 2.45) is 0 Å². The lowest BCUT2D eigenvalue weighted by atomic mass is 9.74. The zero-order chi connectivity index (χ0) is 13.5. The molecule has 1 heterocycles. The molecule has 1 aliphatic heterocycles. The predicted octanol–water partition coefficient (Wildman–Crippen LogP) is 1.48. The summed E-state index contributed by atoms with van der Waals surface area (Å²) in [6.45, 7) is 9.88. The van der Waals surface area contributed by atoms with Crippen LogP contribution in [0, 0.1) is 0 Å². The molecule has 1 aromatic rings. The molecule has 0 radical (unpaired) electrons. The lowest BCUT2D eigenvalue weighted by Gasteiger charge is -2.47. The number of hydrogen-bond acceptors (Lipinski definition) is 3. The lowest BCUT2D eigenvalue weighted by Crippen LogP contribution is -2.48. The van der Waals surface area contributed by atoms with Crippen LogP contribution in [-0.2, 0) is 0 Å². The van der Waals surface area contributed by atoms with E-state index < -0.39 is 7.12 Å². The minimum absolute atomic E-state index is 0.153. The number of fused-ring (bicyclic) bond motifs is 1. The summed E-state index contributed by atoms with van der Waals surface area (Å²) in [7, 11) is -1.38. The van der Waals surface area contributed by atoms with E-state index in [2.05, 4.69) is 32.6 Å². The van der Waals surface area contributed by atoms with E-state index in [9.17, 15) is 10.0 Å². The van der Waals surface area contributed by atoms with Crippen LogP contribution in [0.1, 0.15) is 45.6 Å². The molecule has 0 bridgehead atoms. The summed E-state index contributed by atoms with van der Waals surface area (Å²) >= 11 is 0. The molecule has 1 aliphatic rings. The molecule has 0 amide bonds. The highest BCUT2D eigenvalue weighted by Gasteiger charge is 2.35. The molecule has 18 heavy (non-hydrogen) atoms. The summed E-state index contributed by atoms with van der Waals surface area (Å²) in [5.74, 6) is 0.441. The van der Waals surface area contributed by atoms with Crippen LogP contribution in [-0.4, -0.2) is 29.3 Å². The molecule has 4 heteroatoms. The fraction of sp³-hybridized carbons (Fsp3) is 0.571. The molecular formula is C14H22BNO2. The molecular weight excluding hydrogens is 225 g/mol. The number of anilines is 1. The molecule has 0 saturated carbocycles. The van der Waals surface area contributed by atoms with Crippen LogP contribution in [0.3, 0.4) is 0 Å². The Bertz CT molecular complexity index is 445. The van der Waals surface area contributed by atoms with E-state index in [4.69, 9.17) is 0 Å². The topological polar surface area (TPSA) is 43.7 Å². The van der Waals surface area contributed by atoms with Crippen molar-refractivity contribution in [1.29, 1.82) is 0 Å². The molecule has 1 unspecified atom stereocenters. The first-order valence-corrected chi connectivity index (χ1v) is 6.64. The Hall–Kier alpha value is -0.995. The van der Waals surface area contributed by atoms with Gasteiger partial charge in [-0.25, -0.2) is 0 Å². The summed E-state index contributed by atoms with van der Waals surface area (Å²) in [5.41, 5.74) is 3.18. The second-order valence-corrected chi connectivity index (χ2v) is 5.85. The third-order valence-corrected chi connectivity index (χ3v) is 4.02. The Morgan fingerprint density at radius 2 is 2.06 bits per heavy atom. The largest absolute Gasteiger partial charge is 0.488 e. The van der Waals surface area contributed by atoms with Gasteiger partial charge in [0.1, 0.15) is 0 Å². The molecule has 0 aromatic heterocycles. The lowest BCUT2D eigenvalue weighted by molar-refractivity contribution is 0.381. The third kappa shape index (κ3) is 2.15. The molecule has 1 aromatic carbocycles. The van der Waals surface area contributed by atoms with Crippen LogP contribution in [0.15, 0.2) is 18.2 Å². The SMILES string of the molecule is CCN1c2ccc(B(O)O)cc2C(C)CC1(C)C. The van der Waals surface area contributed by atoms with Crippen LogP contribution in [0.5, 0.6) is 0 Å². The number of hydrogen-bond donors (Lipinski definition) is 2. The van der Waals surface area contributed by atoms with Crippen molar-refractivity contribution in [3.63, 3.8) is 0 Å². The predicted molar refractivity (Wildman–Crippen MR) is 76.4 cm³/mol. The monoisotopic (exact) mass is 247 g/mol. The van der Waals surface area contributed by atoms with Gasteiger partial charge in [0, 0.05) is 17.8 Å². The van der Waals surface area contributed by atoms with Crippen molar-refractivity contribution in [3.05, 3.63) is 23.8 Å². The Kier molecular flexibility index (Phi) is 3.43. The zero-order valence-corrected chi connectivity index (χ0v) is 11.6. The van der Waals surface area contributed by atoms with E-state index in [0.717, 1.165) is 13.0 Å². The second kappa shape index (κ2) is 4.59. The average molecular weight is 247 g/mol. The van der Waals surface area contributed by atoms with Crippen molar-refractivity contribution in [1.82, 2.24) is 0 Å². The Balaban J connectivity index is 2.51. The van der Waals surface area contributed by atoms with E-state index in [1.54, 1.807) is 6.07 Å². The first-order chi connectivity index (χ1) is 8.36. The van der Waals surface area contributed by atoms with Crippen LogP contribution in [0.4, 0.5) is 5.69 Å². The van der Waals surface area contributed by atoms with E-state index in [0.29, 0.717) is 11.4 Å². The Morgan fingerprint density at radius 1 is 1.39 bits per heavy atom. The Labute approximate surface area is 110 Å². The van der Waals surface area contributed by atoms with Gasteiger partial charge in [-0.15, -0.1) is 0 Å². The summed E-state index contributed by atoms with van der Waals surface area (Å²) in [4.78, 5) is 2.40. The highest BCUT2D eigenvalue weighted by Crippen LogP contribution is 2.42.